The van der Waals surface area contributed by atoms with Gasteiger partial charge in [-0.05, 0) is 37.6 Å². The Morgan fingerprint density at radius 2 is 2.24 bits per heavy atom. The second-order valence-electron chi connectivity index (χ2n) is 5.12. The van der Waals surface area contributed by atoms with Gasteiger partial charge in [-0.3, -0.25) is 9.69 Å². The molecule has 0 aliphatic rings. The second-order valence-corrected chi connectivity index (χ2v) is 5.12. The molecule has 0 aliphatic heterocycles. The molecule has 1 rings (SSSR count). The third-order valence-corrected chi connectivity index (χ3v) is 3.49. The zero-order chi connectivity index (χ0) is 15.7. The van der Waals surface area contributed by atoms with E-state index in [-0.39, 0.29) is 11.9 Å². The molecule has 0 spiro atoms. The summed E-state index contributed by atoms with van der Waals surface area (Å²) >= 11 is 0. The van der Waals surface area contributed by atoms with Crippen LogP contribution in [-0.4, -0.2) is 43.7 Å². The van der Waals surface area contributed by atoms with Gasteiger partial charge in [0.25, 0.3) is 0 Å². The summed E-state index contributed by atoms with van der Waals surface area (Å²) in [6.07, 6.45) is 0.830. The fourth-order valence-electron chi connectivity index (χ4n) is 2.19. The van der Waals surface area contributed by atoms with Gasteiger partial charge < -0.3 is 15.8 Å². The fourth-order valence-corrected chi connectivity index (χ4v) is 2.19. The monoisotopic (exact) mass is 293 g/mol. The van der Waals surface area contributed by atoms with E-state index >= 15 is 0 Å². The van der Waals surface area contributed by atoms with E-state index in [1.54, 1.807) is 7.11 Å². The van der Waals surface area contributed by atoms with E-state index in [0.29, 0.717) is 19.7 Å². The zero-order valence-corrected chi connectivity index (χ0v) is 13.3. The molecule has 0 saturated heterocycles. The van der Waals surface area contributed by atoms with Crippen molar-refractivity contribution in [3.8, 4) is 0 Å². The first-order valence-electron chi connectivity index (χ1n) is 7.43. The van der Waals surface area contributed by atoms with Crippen LogP contribution in [0.4, 0.5) is 5.69 Å². The number of benzene rings is 1. The minimum absolute atomic E-state index is 0.0526. The minimum atomic E-state index is -0.168. The van der Waals surface area contributed by atoms with Crippen LogP contribution in [0.5, 0.6) is 0 Å². The molecule has 0 fully saturated rings. The van der Waals surface area contributed by atoms with Crippen molar-refractivity contribution >= 4 is 11.6 Å². The maximum Gasteiger partial charge on any atom is 0.237 e. The number of hydrogen-bond donors (Lipinski definition) is 2. The summed E-state index contributed by atoms with van der Waals surface area (Å²) in [4.78, 5) is 14.3. The number of likely N-dealkylation sites (N-methyl/N-ethyl adjacent to an activating group) is 1. The normalized spacial score (nSPS) is 12.4. The Bertz CT molecular complexity index is 437. The smallest absolute Gasteiger partial charge is 0.237 e. The average Bonchev–Trinajstić information content (AvgIpc) is 2.48. The Morgan fingerprint density at radius 1 is 1.48 bits per heavy atom. The lowest BCUT2D eigenvalue weighted by Gasteiger charge is -2.27. The number of nitrogen functional groups attached to an aromatic ring is 1. The quantitative estimate of drug-likeness (QED) is 0.536. The minimum Gasteiger partial charge on any atom is -0.399 e. The van der Waals surface area contributed by atoms with Crippen molar-refractivity contribution < 1.29 is 9.53 Å². The first kappa shape index (κ1) is 17.5. The van der Waals surface area contributed by atoms with Crippen LogP contribution in [0.15, 0.2) is 24.3 Å². The number of rotatable bonds is 9. The lowest BCUT2D eigenvalue weighted by atomic mass is 10.1. The number of amides is 1. The molecule has 0 aromatic heterocycles. The van der Waals surface area contributed by atoms with Crippen LogP contribution in [0.25, 0.3) is 0 Å². The Hall–Kier alpha value is -1.59. The molecule has 3 N–H and O–H groups in total. The molecular weight excluding hydrogens is 266 g/mol. The lowest BCUT2D eigenvalue weighted by Crippen LogP contribution is -2.45. The topological polar surface area (TPSA) is 67.6 Å². The molecule has 1 aromatic carbocycles. The number of nitrogens with one attached hydrogen (secondary N) is 1. The number of methoxy groups -OCH3 is 1. The van der Waals surface area contributed by atoms with E-state index in [1.807, 2.05) is 31.2 Å². The average molecular weight is 293 g/mol. The van der Waals surface area contributed by atoms with Crippen LogP contribution >= 0.6 is 0 Å². The molecule has 21 heavy (non-hydrogen) atoms. The van der Waals surface area contributed by atoms with E-state index in [9.17, 15) is 4.79 Å². The molecule has 1 unspecified atom stereocenters. The number of carbonyl (C=O) groups is 1. The summed E-state index contributed by atoms with van der Waals surface area (Å²) in [5, 5.41) is 2.94. The van der Waals surface area contributed by atoms with E-state index in [1.165, 1.54) is 0 Å². The maximum absolute atomic E-state index is 12.1. The Balaban J connectivity index is 2.52. The summed E-state index contributed by atoms with van der Waals surface area (Å²) in [6, 6.07) is 7.62. The fraction of sp³-hybridized carbons (Fsp3) is 0.562. The Kier molecular flexibility index (Phi) is 7.79. The van der Waals surface area contributed by atoms with Crippen LogP contribution in [-0.2, 0) is 16.1 Å². The standard InChI is InChI=1S/C16H27N3O2/c1-4-19(12-14-7-5-8-15(17)11-14)13(2)16(20)18-9-6-10-21-3/h5,7-8,11,13H,4,6,9-10,12,17H2,1-3H3,(H,18,20). The van der Waals surface area contributed by atoms with Crippen LogP contribution in [0.1, 0.15) is 25.8 Å². The summed E-state index contributed by atoms with van der Waals surface area (Å²) in [6.45, 7) is 6.82. The molecule has 0 bridgehead atoms. The molecular formula is C16H27N3O2. The molecule has 5 nitrogen and oxygen atoms in total. The summed E-state index contributed by atoms with van der Waals surface area (Å²) in [5.74, 6) is 0.0526. The third-order valence-electron chi connectivity index (χ3n) is 3.49. The lowest BCUT2D eigenvalue weighted by molar-refractivity contribution is -0.126. The first-order valence-corrected chi connectivity index (χ1v) is 7.43. The predicted molar refractivity (Wildman–Crippen MR) is 85.9 cm³/mol. The van der Waals surface area contributed by atoms with E-state index in [0.717, 1.165) is 24.2 Å². The number of nitrogens with zero attached hydrogens (tertiary/aromatic N) is 1. The van der Waals surface area contributed by atoms with E-state index in [4.69, 9.17) is 10.5 Å². The van der Waals surface area contributed by atoms with Gasteiger partial charge in [-0.15, -0.1) is 0 Å². The molecule has 0 saturated carbocycles. The van der Waals surface area contributed by atoms with Gasteiger partial charge >= 0.3 is 0 Å². The number of ether oxygens (including phenoxy) is 1. The highest BCUT2D eigenvalue weighted by Crippen LogP contribution is 2.11. The van der Waals surface area contributed by atoms with E-state index < -0.39 is 0 Å². The van der Waals surface area contributed by atoms with Crippen molar-refractivity contribution in [2.45, 2.75) is 32.9 Å². The van der Waals surface area contributed by atoms with Gasteiger partial charge in [0.15, 0.2) is 0 Å². The molecule has 5 heteroatoms. The first-order chi connectivity index (χ1) is 10.1. The second kappa shape index (κ2) is 9.37. The number of anilines is 1. The van der Waals surface area contributed by atoms with Crippen molar-refractivity contribution in [2.75, 3.05) is 32.5 Å². The van der Waals surface area contributed by atoms with Crippen molar-refractivity contribution in [2.24, 2.45) is 0 Å². The highest BCUT2D eigenvalue weighted by molar-refractivity contribution is 5.81. The van der Waals surface area contributed by atoms with Crippen molar-refractivity contribution in [1.29, 1.82) is 0 Å². The predicted octanol–water partition coefficient (Wildman–Crippen LogP) is 1.63. The molecule has 1 aromatic rings. The summed E-state index contributed by atoms with van der Waals surface area (Å²) in [7, 11) is 1.66. The van der Waals surface area contributed by atoms with Gasteiger partial charge in [-0.1, -0.05) is 19.1 Å². The van der Waals surface area contributed by atoms with Crippen molar-refractivity contribution in [3.63, 3.8) is 0 Å². The SMILES string of the molecule is CCN(Cc1cccc(N)c1)C(C)C(=O)NCCCOC. The van der Waals surface area contributed by atoms with Gasteiger partial charge in [-0.2, -0.15) is 0 Å². The van der Waals surface area contributed by atoms with Gasteiger partial charge in [0.05, 0.1) is 6.04 Å². The molecule has 0 radical (unpaired) electrons. The van der Waals surface area contributed by atoms with Crippen LogP contribution in [0.2, 0.25) is 0 Å². The van der Waals surface area contributed by atoms with Crippen LogP contribution in [0.3, 0.4) is 0 Å². The van der Waals surface area contributed by atoms with Crippen LogP contribution < -0.4 is 11.1 Å². The van der Waals surface area contributed by atoms with Gasteiger partial charge in [0, 0.05) is 32.5 Å². The number of hydrogen-bond acceptors (Lipinski definition) is 4. The third kappa shape index (κ3) is 6.14. The Labute approximate surface area is 127 Å². The van der Waals surface area contributed by atoms with Gasteiger partial charge in [-0.25, -0.2) is 0 Å². The summed E-state index contributed by atoms with van der Waals surface area (Å²) in [5.41, 5.74) is 7.67. The van der Waals surface area contributed by atoms with Crippen molar-refractivity contribution in [1.82, 2.24) is 10.2 Å². The molecule has 0 heterocycles. The molecule has 1 atom stereocenters. The molecule has 118 valence electrons. The largest absolute Gasteiger partial charge is 0.399 e. The molecule has 1 amide bonds. The van der Waals surface area contributed by atoms with Crippen LogP contribution in [0, 0.1) is 0 Å². The maximum atomic E-state index is 12.1. The number of carbonyl (C=O) groups excluding carboxylic acids is 1. The number of nitrogens with two attached hydrogens (primary N) is 1. The van der Waals surface area contributed by atoms with Crippen molar-refractivity contribution in [3.05, 3.63) is 29.8 Å². The van der Waals surface area contributed by atoms with Gasteiger partial charge in [0.1, 0.15) is 0 Å². The molecule has 0 aliphatic carbocycles. The highest BCUT2D eigenvalue weighted by atomic mass is 16.5. The zero-order valence-electron chi connectivity index (χ0n) is 13.3. The van der Waals surface area contributed by atoms with Gasteiger partial charge in [0.2, 0.25) is 5.91 Å². The van der Waals surface area contributed by atoms with E-state index in [2.05, 4.69) is 17.1 Å². The Morgan fingerprint density at radius 3 is 2.86 bits per heavy atom. The highest BCUT2D eigenvalue weighted by Gasteiger charge is 2.19. The summed E-state index contributed by atoms with van der Waals surface area (Å²) < 4.78 is 4.97.